The van der Waals surface area contributed by atoms with Gasteiger partial charge in [0.05, 0.1) is 11.5 Å². The van der Waals surface area contributed by atoms with Crippen LogP contribution in [0.4, 0.5) is 0 Å². The van der Waals surface area contributed by atoms with E-state index in [1.54, 1.807) is 30.0 Å². The number of hydrogen-bond donors (Lipinski definition) is 1. The van der Waals surface area contributed by atoms with Gasteiger partial charge in [0.2, 0.25) is 5.88 Å². The van der Waals surface area contributed by atoms with Crippen LogP contribution in [0.25, 0.3) is 10.8 Å². The highest BCUT2D eigenvalue weighted by molar-refractivity contribution is 7.98. The van der Waals surface area contributed by atoms with Gasteiger partial charge in [0.1, 0.15) is 23.1 Å². The molecule has 0 saturated carbocycles. The molecule has 1 atom stereocenters. The molecule has 0 spiro atoms. The van der Waals surface area contributed by atoms with Crippen molar-refractivity contribution in [2.24, 2.45) is 5.73 Å². The fourth-order valence-corrected chi connectivity index (χ4v) is 4.61. The first kappa shape index (κ1) is 21.6. The highest BCUT2D eigenvalue weighted by Gasteiger charge is 2.31. The highest BCUT2D eigenvalue weighted by atomic mass is 32.2. The Bertz CT molecular complexity index is 1480. The van der Waals surface area contributed by atoms with Crippen molar-refractivity contribution in [3.05, 3.63) is 113 Å². The molecule has 1 heterocycles. The molecule has 0 amide bonds. The van der Waals surface area contributed by atoms with E-state index in [0.717, 1.165) is 26.8 Å². The number of carbonyl (C=O) groups excluding carboxylic acids is 1. The number of hydrogen-bond acceptors (Lipinski definition) is 6. The molecule has 0 radical (unpaired) electrons. The van der Waals surface area contributed by atoms with Gasteiger partial charge in [0.15, 0.2) is 0 Å². The molecule has 1 aliphatic heterocycles. The van der Waals surface area contributed by atoms with Gasteiger partial charge in [-0.3, -0.25) is 0 Å². The predicted octanol–water partition coefficient (Wildman–Crippen LogP) is 6.00. The van der Waals surface area contributed by atoms with E-state index in [0.29, 0.717) is 22.6 Å². The lowest BCUT2D eigenvalue weighted by atomic mass is 9.83. The molecular weight excluding hydrogens is 444 g/mol. The molecule has 1 aliphatic rings. The summed E-state index contributed by atoms with van der Waals surface area (Å²) in [5.41, 5.74) is 8.67. The maximum atomic E-state index is 13.0. The molecule has 0 saturated heterocycles. The second kappa shape index (κ2) is 8.97. The Hall–Kier alpha value is -4.21. The van der Waals surface area contributed by atoms with E-state index in [1.165, 1.54) is 0 Å². The largest absolute Gasteiger partial charge is 0.440 e. The van der Waals surface area contributed by atoms with Crippen molar-refractivity contribution >= 4 is 28.5 Å². The van der Waals surface area contributed by atoms with E-state index < -0.39 is 5.97 Å². The molecular formula is C28H20N2O3S. The van der Waals surface area contributed by atoms with E-state index in [2.05, 4.69) is 6.07 Å². The Balaban J connectivity index is 1.49. The fraction of sp³-hybridized carbons (Fsp3) is 0.0714. The van der Waals surface area contributed by atoms with E-state index in [4.69, 9.17) is 15.2 Å². The van der Waals surface area contributed by atoms with E-state index in [1.807, 2.05) is 73.0 Å². The normalized spacial score (nSPS) is 14.8. The average Bonchev–Trinajstić information content (AvgIpc) is 2.87. The number of nitriles is 1. The zero-order valence-electron chi connectivity index (χ0n) is 18.3. The molecule has 5 rings (SSSR count). The lowest BCUT2D eigenvalue weighted by Crippen LogP contribution is -2.21. The molecule has 0 unspecified atom stereocenters. The number of thioether (sulfide) groups is 1. The van der Waals surface area contributed by atoms with Gasteiger partial charge < -0.3 is 15.2 Å². The van der Waals surface area contributed by atoms with Crippen LogP contribution in [0.15, 0.2) is 101 Å². The second-order valence-electron chi connectivity index (χ2n) is 7.81. The van der Waals surface area contributed by atoms with Crippen LogP contribution in [0.5, 0.6) is 11.5 Å². The summed E-state index contributed by atoms with van der Waals surface area (Å²) < 4.78 is 11.5. The smallest absolute Gasteiger partial charge is 0.344 e. The molecule has 5 nitrogen and oxygen atoms in total. The quantitative estimate of drug-likeness (QED) is 0.227. The Morgan fingerprint density at radius 1 is 1.03 bits per heavy atom. The van der Waals surface area contributed by atoms with Crippen molar-refractivity contribution in [2.45, 2.75) is 10.8 Å². The van der Waals surface area contributed by atoms with Crippen LogP contribution in [0, 0.1) is 11.3 Å². The summed E-state index contributed by atoms with van der Waals surface area (Å²) in [6.45, 7) is 0. The van der Waals surface area contributed by atoms with Crippen LogP contribution in [-0.4, -0.2) is 12.2 Å². The predicted molar refractivity (Wildman–Crippen MR) is 133 cm³/mol. The van der Waals surface area contributed by atoms with Crippen molar-refractivity contribution in [3.8, 4) is 17.6 Å². The zero-order chi connectivity index (χ0) is 23.7. The summed E-state index contributed by atoms with van der Waals surface area (Å²) in [4.78, 5) is 14.1. The fourth-order valence-electron chi connectivity index (χ4n) is 4.20. The number of ether oxygens (including phenoxy) is 2. The van der Waals surface area contributed by atoms with Crippen LogP contribution >= 0.6 is 11.8 Å². The minimum Gasteiger partial charge on any atom is -0.440 e. The Morgan fingerprint density at radius 3 is 2.56 bits per heavy atom. The third kappa shape index (κ3) is 3.87. The van der Waals surface area contributed by atoms with Gasteiger partial charge in [-0.15, -0.1) is 11.8 Å². The first-order valence-corrected chi connectivity index (χ1v) is 11.9. The van der Waals surface area contributed by atoms with Crippen LogP contribution in [0.3, 0.4) is 0 Å². The zero-order valence-corrected chi connectivity index (χ0v) is 19.1. The number of rotatable bonds is 4. The first-order chi connectivity index (χ1) is 16.6. The molecule has 4 aromatic rings. The topological polar surface area (TPSA) is 85.3 Å². The number of esters is 1. The van der Waals surface area contributed by atoms with Gasteiger partial charge in [-0.2, -0.15) is 5.26 Å². The standard InChI is InChI=1S/C28H20N2O3S/c1-34-20-12-9-18(10-13-20)26-23-14-11-19(15-25(23)33-27(30)24(26)16-29)32-28(31)22-8-4-6-17-5-2-3-7-21(17)22/h2-15,26H,30H2,1H3/t26-/m0/s1. The van der Waals surface area contributed by atoms with Gasteiger partial charge in [0, 0.05) is 16.5 Å². The van der Waals surface area contributed by atoms with Gasteiger partial charge in [-0.05, 0) is 46.9 Å². The highest BCUT2D eigenvalue weighted by Crippen LogP contribution is 2.43. The SMILES string of the molecule is CSc1ccc([C@@H]2C(C#N)=C(N)Oc3cc(OC(=O)c4cccc5ccccc45)ccc32)cc1. The monoisotopic (exact) mass is 464 g/mol. The molecule has 34 heavy (non-hydrogen) atoms. The maximum absolute atomic E-state index is 13.0. The third-order valence-electron chi connectivity index (χ3n) is 5.86. The van der Waals surface area contributed by atoms with E-state index >= 15 is 0 Å². The molecule has 6 heteroatoms. The van der Waals surface area contributed by atoms with Crippen molar-refractivity contribution in [1.29, 1.82) is 5.26 Å². The van der Waals surface area contributed by atoms with Crippen LogP contribution in [0.1, 0.15) is 27.4 Å². The molecule has 4 aromatic carbocycles. The van der Waals surface area contributed by atoms with Crippen LogP contribution in [0.2, 0.25) is 0 Å². The molecule has 2 N–H and O–H groups in total. The molecule has 0 fully saturated rings. The van der Waals surface area contributed by atoms with Gasteiger partial charge in [0.25, 0.3) is 0 Å². The average molecular weight is 465 g/mol. The van der Waals surface area contributed by atoms with Crippen LogP contribution < -0.4 is 15.2 Å². The Labute approximate surface area is 201 Å². The third-order valence-corrected chi connectivity index (χ3v) is 6.60. The van der Waals surface area contributed by atoms with Gasteiger partial charge in [-0.1, -0.05) is 54.6 Å². The summed E-state index contributed by atoms with van der Waals surface area (Å²) in [5.74, 6) is 0.0111. The number of nitrogens with zero attached hydrogens (tertiary/aromatic N) is 1. The minimum absolute atomic E-state index is 0.0477. The van der Waals surface area contributed by atoms with Gasteiger partial charge >= 0.3 is 5.97 Å². The van der Waals surface area contributed by atoms with Crippen molar-refractivity contribution < 1.29 is 14.3 Å². The van der Waals surface area contributed by atoms with Gasteiger partial charge in [-0.25, -0.2) is 4.79 Å². The van der Waals surface area contributed by atoms with E-state index in [-0.39, 0.29) is 11.8 Å². The minimum atomic E-state index is -0.460. The summed E-state index contributed by atoms with van der Waals surface area (Å²) in [5, 5.41) is 11.5. The second-order valence-corrected chi connectivity index (χ2v) is 8.69. The molecule has 166 valence electrons. The lowest BCUT2D eigenvalue weighted by molar-refractivity contribution is 0.0736. The molecule has 0 aromatic heterocycles. The summed E-state index contributed by atoms with van der Waals surface area (Å²) in [7, 11) is 0. The number of benzene rings is 4. The summed E-state index contributed by atoms with van der Waals surface area (Å²) in [6, 6.07) is 28.6. The Morgan fingerprint density at radius 2 is 1.79 bits per heavy atom. The maximum Gasteiger partial charge on any atom is 0.344 e. The van der Waals surface area contributed by atoms with Crippen molar-refractivity contribution in [2.75, 3.05) is 6.26 Å². The lowest BCUT2D eigenvalue weighted by Gasteiger charge is -2.26. The van der Waals surface area contributed by atoms with E-state index in [9.17, 15) is 10.1 Å². The first-order valence-electron chi connectivity index (χ1n) is 10.6. The summed E-state index contributed by atoms with van der Waals surface area (Å²) in [6.07, 6.45) is 2.01. The number of allylic oxidation sites excluding steroid dienone is 1. The van der Waals surface area contributed by atoms with Crippen LogP contribution in [-0.2, 0) is 0 Å². The number of nitrogens with two attached hydrogens (primary N) is 1. The Kier molecular flexibility index (Phi) is 5.70. The molecule has 0 aliphatic carbocycles. The van der Waals surface area contributed by atoms with Crippen molar-refractivity contribution in [3.63, 3.8) is 0 Å². The number of carbonyl (C=O) groups is 1. The summed E-state index contributed by atoms with van der Waals surface area (Å²) >= 11 is 1.65. The van der Waals surface area contributed by atoms with Crippen molar-refractivity contribution in [1.82, 2.24) is 0 Å². The number of fused-ring (bicyclic) bond motifs is 2. The molecule has 0 bridgehead atoms.